The number of hydrogen-bond acceptors (Lipinski definition) is 6. The lowest BCUT2D eigenvalue weighted by molar-refractivity contribution is -0.152. The molecule has 1 aromatic rings. The predicted molar refractivity (Wildman–Crippen MR) is 70.4 cm³/mol. The van der Waals surface area contributed by atoms with Gasteiger partial charge in [0.05, 0.1) is 0 Å². The molecule has 0 unspecified atom stereocenters. The van der Waals surface area contributed by atoms with Gasteiger partial charge in [-0.05, 0) is 12.8 Å². The lowest BCUT2D eigenvalue weighted by atomic mass is 10.2. The van der Waals surface area contributed by atoms with Crippen LogP contribution in [0.2, 0.25) is 0 Å². The molecule has 2 rings (SSSR count). The highest BCUT2D eigenvalue weighted by Gasteiger charge is 2.17. The largest absolute Gasteiger partial charge is 0.454 e. The molecular formula is C12H19N5O3. The van der Waals surface area contributed by atoms with Gasteiger partial charge in [-0.3, -0.25) is 9.59 Å². The van der Waals surface area contributed by atoms with E-state index >= 15 is 0 Å². The smallest absolute Gasteiger partial charge is 0.328 e. The quantitative estimate of drug-likeness (QED) is 0.767. The van der Waals surface area contributed by atoms with E-state index in [1.165, 1.54) is 11.0 Å². The molecule has 1 amide bonds. The first-order valence-corrected chi connectivity index (χ1v) is 6.73. The van der Waals surface area contributed by atoms with Crippen molar-refractivity contribution < 1.29 is 14.3 Å². The Morgan fingerprint density at radius 2 is 1.95 bits per heavy atom. The van der Waals surface area contributed by atoms with E-state index in [0.717, 1.165) is 38.8 Å². The number of esters is 1. The van der Waals surface area contributed by atoms with E-state index in [1.54, 1.807) is 4.90 Å². The second-order valence-electron chi connectivity index (χ2n) is 4.76. The zero-order valence-electron chi connectivity index (χ0n) is 11.3. The number of ether oxygens (including phenoxy) is 1. The fraction of sp³-hybridized carbons (Fsp3) is 0.667. The van der Waals surface area contributed by atoms with Crippen molar-refractivity contribution in [1.82, 2.24) is 19.7 Å². The lowest BCUT2D eigenvalue weighted by Crippen LogP contribution is -2.35. The van der Waals surface area contributed by atoms with Gasteiger partial charge in [-0.25, -0.2) is 9.67 Å². The van der Waals surface area contributed by atoms with E-state index in [4.69, 9.17) is 10.5 Å². The summed E-state index contributed by atoms with van der Waals surface area (Å²) < 4.78 is 6.22. The molecule has 0 spiro atoms. The Kier molecular flexibility index (Phi) is 4.91. The molecule has 0 bridgehead atoms. The van der Waals surface area contributed by atoms with E-state index in [2.05, 4.69) is 10.1 Å². The molecule has 8 nitrogen and oxygen atoms in total. The molecule has 0 atom stereocenters. The van der Waals surface area contributed by atoms with E-state index in [-0.39, 0.29) is 25.0 Å². The number of carbonyl (C=O) groups excluding carboxylic acids is 2. The van der Waals surface area contributed by atoms with Gasteiger partial charge in [-0.2, -0.15) is 0 Å². The first-order chi connectivity index (χ1) is 9.65. The summed E-state index contributed by atoms with van der Waals surface area (Å²) in [4.78, 5) is 28.9. The summed E-state index contributed by atoms with van der Waals surface area (Å²) in [5, 5.41) is 3.77. The number of carbonyl (C=O) groups is 2. The highest BCUT2D eigenvalue weighted by atomic mass is 16.5. The third kappa shape index (κ3) is 4.22. The van der Waals surface area contributed by atoms with Crippen LogP contribution in [-0.4, -0.2) is 51.2 Å². The molecule has 0 radical (unpaired) electrons. The average Bonchev–Trinajstić information content (AvgIpc) is 2.69. The summed E-state index contributed by atoms with van der Waals surface area (Å²) in [6.07, 6.45) is 5.66. The Hall–Kier alpha value is -2.12. The summed E-state index contributed by atoms with van der Waals surface area (Å²) in [6.45, 7) is 1.17. The minimum atomic E-state index is -0.530. The highest BCUT2D eigenvalue weighted by Crippen LogP contribution is 2.09. The molecule has 0 aliphatic carbocycles. The number of amides is 1. The van der Waals surface area contributed by atoms with Gasteiger partial charge in [-0.15, -0.1) is 5.10 Å². The van der Waals surface area contributed by atoms with Gasteiger partial charge in [0.15, 0.2) is 6.61 Å². The monoisotopic (exact) mass is 281 g/mol. The number of nitrogens with zero attached hydrogens (tertiary/aromatic N) is 4. The van der Waals surface area contributed by atoms with E-state index in [1.807, 2.05) is 0 Å². The number of rotatable bonds is 4. The number of aromatic nitrogens is 3. The van der Waals surface area contributed by atoms with Gasteiger partial charge in [0.25, 0.3) is 5.91 Å². The Balaban J connectivity index is 1.73. The minimum absolute atomic E-state index is 0.0958. The fourth-order valence-corrected chi connectivity index (χ4v) is 2.12. The second-order valence-corrected chi connectivity index (χ2v) is 4.76. The van der Waals surface area contributed by atoms with Crippen molar-refractivity contribution in [3.63, 3.8) is 0 Å². The van der Waals surface area contributed by atoms with Crippen LogP contribution in [-0.2, 0) is 20.9 Å². The Bertz CT molecular complexity index is 465. The normalized spacial score (nSPS) is 15.7. The van der Waals surface area contributed by atoms with Gasteiger partial charge < -0.3 is 15.4 Å². The van der Waals surface area contributed by atoms with Crippen molar-refractivity contribution in [3.05, 3.63) is 6.33 Å². The summed E-state index contributed by atoms with van der Waals surface area (Å²) in [5.41, 5.74) is 5.33. The maximum atomic E-state index is 11.9. The van der Waals surface area contributed by atoms with Crippen molar-refractivity contribution in [2.24, 2.45) is 0 Å². The highest BCUT2D eigenvalue weighted by molar-refractivity contribution is 5.80. The zero-order valence-corrected chi connectivity index (χ0v) is 11.3. The molecule has 0 aromatic carbocycles. The summed E-state index contributed by atoms with van der Waals surface area (Å²) in [6, 6.07) is 0. The third-order valence-electron chi connectivity index (χ3n) is 3.16. The number of likely N-dealkylation sites (tertiary alicyclic amines) is 1. The first-order valence-electron chi connectivity index (χ1n) is 6.73. The van der Waals surface area contributed by atoms with Crippen LogP contribution >= 0.6 is 0 Å². The van der Waals surface area contributed by atoms with E-state index in [0.29, 0.717) is 0 Å². The fourth-order valence-electron chi connectivity index (χ4n) is 2.12. The second kappa shape index (κ2) is 6.88. The average molecular weight is 281 g/mol. The molecule has 8 heteroatoms. The van der Waals surface area contributed by atoms with Gasteiger partial charge in [-0.1, -0.05) is 12.8 Å². The zero-order chi connectivity index (χ0) is 14.4. The van der Waals surface area contributed by atoms with Gasteiger partial charge in [0, 0.05) is 13.1 Å². The molecular weight excluding hydrogens is 262 g/mol. The molecule has 1 aliphatic rings. The van der Waals surface area contributed by atoms with Crippen LogP contribution in [0.3, 0.4) is 0 Å². The Morgan fingerprint density at radius 1 is 1.25 bits per heavy atom. The topological polar surface area (TPSA) is 103 Å². The van der Waals surface area contributed by atoms with Crippen molar-refractivity contribution in [2.75, 3.05) is 25.4 Å². The van der Waals surface area contributed by atoms with Crippen molar-refractivity contribution in [3.8, 4) is 0 Å². The van der Waals surface area contributed by atoms with Crippen LogP contribution in [0.4, 0.5) is 5.95 Å². The number of hydrogen-bond donors (Lipinski definition) is 1. The van der Waals surface area contributed by atoms with Crippen LogP contribution in [0, 0.1) is 0 Å². The number of nitrogen functional groups attached to an aromatic ring is 1. The van der Waals surface area contributed by atoms with Crippen LogP contribution < -0.4 is 5.73 Å². The molecule has 1 aliphatic heterocycles. The van der Waals surface area contributed by atoms with Crippen LogP contribution in [0.25, 0.3) is 0 Å². The molecule has 110 valence electrons. The van der Waals surface area contributed by atoms with E-state index in [9.17, 15) is 9.59 Å². The Morgan fingerprint density at radius 3 is 2.55 bits per heavy atom. The van der Waals surface area contributed by atoms with Crippen LogP contribution in [0.5, 0.6) is 0 Å². The predicted octanol–water partition coefficient (Wildman–Crippen LogP) is -0.194. The van der Waals surface area contributed by atoms with Crippen LogP contribution in [0.1, 0.15) is 25.7 Å². The molecule has 1 saturated heterocycles. The molecule has 1 fully saturated rings. The van der Waals surface area contributed by atoms with Crippen LogP contribution in [0.15, 0.2) is 6.33 Å². The molecule has 20 heavy (non-hydrogen) atoms. The van der Waals surface area contributed by atoms with Gasteiger partial charge >= 0.3 is 5.97 Å². The Labute approximate surface area is 116 Å². The molecule has 2 N–H and O–H groups in total. The first kappa shape index (κ1) is 14.3. The maximum Gasteiger partial charge on any atom is 0.328 e. The van der Waals surface area contributed by atoms with Crippen molar-refractivity contribution in [2.45, 2.75) is 32.2 Å². The standard InChI is InChI=1S/C12H19N5O3/c13-12-14-9-17(15-12)7-11(19)20-8-10(18)16-5-3-1-2-4-6-16/h9H,1-8H2,(H2,13,15). The maximum absolute atomic E-state index is 11.9. The summed E-state index contributed by atoms with van der Waals surface area (Å²) in [7, 11) is 0. The number of nitrogens with two attached hydrogens (primary N) is 1. The minimum Gasteiger partial charge on any atom is -0.454 e. The van der Waals surface area contributed by atoms with E-state index < -0.39 is 5.97 Å². The molecule has 1 aromatic heterocycles. The summed E-state index contributed by atoms with van der Waals surface area (Å²) in [5.74, 6) is -0.574. The number of anilines is 1. The van der Waals surface area contributed by atoms with Crippen molar-refractivity contribution >= 4 is 17.8 Å². The lowest BCUT2D eigenvalue weighted by Gasteiger charge is -2.19. The molecule has 0 saturated carbocycles. The SMILES string of the molecule is Nc1ncn(CC(=O)OCC(=O)N2CCCCCC2)n1. The van der Waals surface area contributed by atoms with Crippen molar-refractivity contribution in [1.29, 1.82) is 0 Å². The third-order valence-corrected chi connectivity index (χ3v) is 3.16. The van der Waals surface area contributed by atoms with Gasteiger partial charge in [0.1, 0.15) is 12.9 Å². The molecule has 2 heterocycles. The van der Waals surface area contributed by atoms with Gasteiger partial charge in [0.2, 0.25) is 5.95 Å². The summed E-state index contributed by atoms with van der Waals surface area (Å²) >= 11 is 0.